The summed E-state index contributed by atoms with van der Waals surface area (Å²) in [6.07, 6.45) is 20.4. The summed E-state index contributed by atoms with van der Waals surface area (Å²) >= 11 is 0. The fourth-order valence-electron chi connectivity index (χ4n) is 3.71. The summed E-state index contributed by atoms with van der Waals surface area (Å²) in [6, 6.07) is 0. The third-order valence-corrected chi connectivity index (χ3v) is 5.82. The molecule has 1 aliphatic rings. The van der Waals surface area contributed by atoms with E-state index >= 15 is 0 Å². The van der Waals surface area contributed by atoms with Gasteiger partial charge in [-0.15, -0.1) is 0 Å². The predicted molar refractivity (Wildman–Crippen MR) is 111 cm³/mol. The highest BCUT2D eigenvalue weighted by Gasteiger charge is 2.52. The smallest absolute Gasteiger partial charge is 0.306 e. The summed E-state index contributed by atoms with van der Waals surface area (Å²) in [5.74, 6) is -0.227. The molecule has 27 heavy (non-hydrogen) atoms. The van der Waals surface area contributed by atoms with Crippen LogP contribution in [0.2, 0.25) is 0 Å². The Labute approximate surface area is 167 Å². The van der Waals surface area contributed by atoms with Crippen molar-refractivity contribution >= 4 is 5.97 Å². The van der Waals surface area contributed by atoms with Gasteiger partial charge in [0.25, 0.3) is 0 Å². The number of aliphatic hydroxyl groups excluding tert-OH is 2. The first-order valence-corrected chi connectivity index (χ1v) is 11.7. The summed E-state index contributed by atoms with van der Waals surface area (Å²) in [5.41, 5.74) is -0.776. The molecule has 0 aromatic rings. The maximum absolute atomic E-state index is 11.8. The number of rotatable bonds is 19. The van der Waals surface area contributed by atoms with Crippen LogP contribution >= 0.6 is 0 Å². The van der Waals surface area contributed by atoms with Gasteiger partial charge in [0.05, 0.1) is 6.61 Å². The molecule has 1 rings (SSSR count). The van der Waals surface area contributed by atoms with Crippen molar-refractivity contribution in [2.24, 2.45) is 0 Å². The summed E-state index contributed by atoms with van der Waals surface area (Å²) in [6.45, 7) is 1.93. The van der Waals surface area contributed by atoms with Crippen molar-refractivity contribution < 1.29 is 19.7 Å². The lowest BCUT2D eigenvalue weighted by molar-refractivity contribution is -0.160. The second-order valence-electron chi connectivity index (χ2n) is 8.44. The van der Waals surface area contributed by atoms with Crippen LogP contribution in [0, 0.1) is 0 Å². The lowest BCUT2D eigenvalue weighted by Crippen LogP contribution is -2.36. The van der Waals surface area contributed by atoms with E-state index in [4.69, 9.17) is 9.84 Å². The van der Waals surface area contributed by atoms with Gasteiger partial charge in [0.1, 0.15) is 11.7 Å². The fraction of sp³-hybridized carbons (Fsp3) is 0.957. The molecule has 1 atom stereocenters. The van der Waals surface area contributed by atoms with Gasteiger partial charge in [0.2, 0.25) is 0 Å². The minimum Gasteiger partial charge on any atom is -0.456 e. The van der Waals surface area contributed by atoms with Gasteiger partial charge in [0.15, 0.2) is 0 Å². The van der Waals surface area contributed by atoms with Crippen LogP contribution in [0.5, 0.6) is 0 Å². The fourth-order valence-corrected chi connectivity index (χ4v) is 3.71. The van der Waals surface area contributed by atoms with Gasteiger partial charge in [0, 0.05) is 6.42 Å². The molecule has 0 aromatic heterocycles. The van der Waals surface area contributed by atoms with E-state index in [2.05, 4.69) is 6.92 Å². The van der Waals surface area contributed by atoms with E-state index in [1.54, 1.807) is 0 Å². The van der Waals surface area contributed by atoms with E-state index in [0.717, 1.165) is 12.8 Å². The highest BCUT2D eigenvalue weighted by atomic mass is 16.6. The van der Waals surface area contributed by atoms with Crippen LogP contribution in [0.15, 0.2) is 0 Å². The zero-order valence-electron chi connectivity index (χ0n) is 17.7. The van der Waals surface area contributed by atoms with Crippen molar-refractivity contribution in [3.8, 4) is 0 Å². The highest BCUT2D eigenvalue weighted by molar-refractivity contribution is 5.70. The minimum atomic E-state index is -0.928. The largest absolute Gasteiger partial charge is 0.456 e. The van der Waals surface area contributed by atoms with Crippen LogP contribution in [0.4, 0.5) is 0 Å². The third-order valence-electron chi connectivity index (χ3n) is 5.82. The Kier molecular flexibility index (Phi) is 13.9. The molecule has 0 aliphatic heterocycles. The lowest BCUT2D eigenvalue weighted by atomic mass is 10.0. The van der Waals surface area contributed by atoms with Crippen molar-refractivity contribution in [1.29, 1.82) is 0 Å². The zero-order valence-corrected chi connectivity index (χ0v) is 17.7. The molecule has 0 amide bonds. The molecule has 160 valence electrons. The van der Waals surface area contributed by atoms with E-state index < -0.39 is 11.7 Å². The van der Waals surface area contributed by atoms with E-state index in [0.29, 0.717) is 19.3 Å². The third kappa shape index (κ3) is 11.7. The molecule has 4 nitrogen and oxygen atoms in total. The lowest BCUT2D eigenvalue weighted by Gasteiger charge is -2.20. The zero-order chi connectivity index (χ0) is 19.8. The minimum absolute atomic E-state index is 0.227. The summed E-state index contributed by atoms with van der Waals surface area (Å²) in [7, 11) is 0. The summed E-state index contributed by atoms with van der Waals surface area (Å²) in [5, 5.41) is 18.7. The van der Waals surface area contributed by atoms with E-state index in [9.17, 15) is 9.90 Å². The topological polar surface area (TPSA) is 66.8 Å². The van der Waals surface area contributed by atoms with Gasteiger partial charge in [-0.1, -0.05) is 96.8 Å². The Bertz CT molecular complexity index is 365. The van der Waals surface area contributed by atoms with Gasteiger partial charge >= 0.3 is 5.97 Å². The second-order valence-corrected chi connectivity index (χ2v) is 8.44. The molecule has 0 saturated heterocycles. The molecule has 1 fully saturated rings. The van der Waals surface area contributed by atoms with Crippen molar-refractivity contribution in [2.75, 3.05) is 6.61 Å². The first-order valence-electron chi connectivity index (χ1n) is 11.7. The van der Waals surface area contributed by atoms with Crippen LogP contribution in [0.1, 0.15) is 122 Å². The first kappa shape index (κ1) is 24.4. The number of esters is 1. The average Bonchev–Trinajstić information content (AvgIpc) is 3.44. The highest BCUT2D eigenvalue weighted by Crippen LogP contribution is 2.43. The molecular formula is C23H44O4. The Hall–Kier alpha value is -0.610. The Balaban J connectivity index is 1.80. The SMILES string of the molecule is CCCCCCCCCCCCCCCCCC(=O)OC1(C(O)CO)CC1. The maximum Gasteiger partial charge on any atom is 0.306 e. The van der Waals surface area contributed by atoms with Crippen molar-refractivity contribution in [3.05, 3.63) is 0 Å². The Morgan fingerprint density at radius 2 is 1.22 bits per heavy atom. The molecule has 4 heteroatoms. The van der Waals surface area contributed by atoms with Crippen LogP contribution in [0.25, 0.3) is 0 Å². The number of hydrogen-bond acceptors (Lipinski definition) is 4. The number of hydrogen-bond donors (Lipinski definition) is 2. The summed E-state index contributed by atoms with van der Waals surface area (Å²) < 4.78 is 5.37. The van der Waals surface area contributed by atoms with Crippen molar-refractivity contribution in [3.63, 3.8) is 0 Å². The molecule has 1 saturated carbocycles. The van der Waals surface area contributed by atoms with Gasteiger partial charge in [-0.25, -0.2) is 0 Å². The van der Waals surface area contributed by atoms with Crippen molar-refractivity contribution in [2.45, 2.75) is 134 Å². The molecule has 1 aliphatic carbocycles. The maximum atomic E-state index is 11.8. The summed E-state index contributed by atoms with van der Waals surface area (Å²) in [4.78, 5) is 11.8. The predicted octanol–water partition coefficient (Wildman–Crippen LogP) is 5.68. The molecular weight excluding hydrogens is 340 g/mol. The normalized spacial score (nSPS) is 16.3. The number of unbranched alkanes of at least 4 members (excludes halogenated alkanes) is 14. The molecule has 0 bridgehead atoms. The second kappa shape index (κ2) is 15.3. The van der Waals surface area contributed by atoms with Gasteiger partial charge in [-0.3, -0.25) is 4.79 Å². The quantitative estimate of drug-likeness (QED) is 0.222. The van der Waals surface area contributed by atoms with Crippen molar-refractivity contribution in [1.82, 2.24) is 0 Å². The van der Waals surface area contributed by atoms with E-state index in [-0.39, 0.29) is 12.6 Å². The van der Waals surface area contributed by atoms with Gasteiger partial charge in [-0.05, 0) is 19.3 Å². The average molecular weight is 385 g/mol. The van der Waals surface area contributed by atoms with Crippen LogP contribution < -0.4 is 0 Å². The number of carbonyl (C=O) groups is 1. The van der Waals surface area contributed by atoms with E-state index in [1.165, 1.54) is 83.5 Å². The number of ether oxygens (including phenoxy) is 1. The molecule has 0 spiro atoms. The molecule has 0 radical (unpaired) electrons. The molecule has 1 unspecified atom stereocenters. The van der Waals surface area contributed by atoms with Crippen LogP contribution in [-0.2, 0) is 9.53 Å². The molecule has 2 N–H and O–H groups in total. The van der Waals surface area contributed by atoms with Crippen LogP contribution in [-0.4, -0.2) is 34.5 Å². The standard InChI is InChI=1S/C23H44O4/c1-2-3-4-5-6-7-8-9-10-11-12-13-14-15-16-17-22(26)27-23(18-19-23)21(25)20-24/h21,24-25H,2-20H2,1H3. The molecule has 0 heterocycles. The Morgan fingerprint density at radius 1 is 0.815 bits per heavy atom. The Morgan fingerprint density at radius 3 is 1.59 bits per heavy atom. The van der Waals surface area contributed by atoms with Gasteiger partial charge in [-0.2, -0.15) is 0 Å². The first-order chi connectivity index (χ1) is 13.1. The van der Waals surface area contributed by atoms with E-state index in [1.807, 2.05) is 0 Å². The monoisotopic (exact) mass is 384 g/mol. The molecule has 0 aromatic carbocycles. The number of carbonyl (C=O) groups excluding carboxylic acids is 1. The van der Waals surface area contributed by atoms with Gasteiger partial charge < -0.3 is 14.9 Å². The van der Waals surface area contributed by atoms with Crippen LogP contribution in [0.3, 0.4) is 0 Å². The number of aliphatic hydroxyl groups is 2.